The molecule has 6 heteroatoms. The number of anilines is 1. The number of hydrogen-bond donors (Lipinski definition) is 1. The van der Waals surface area contributed by atoms with Gasteiger partial charge in [0.2, 0.25) is 0 Å². The molecule has 0 aliphatic rings. The molecule has 0 fully saturated rings. The molecule has 0 aliphatic carbocycles. The van der Waals surface area contributed by atoms with E-state index in [4.69, 9.17) is 9.47 Å². The lowest BCUT2D eigenvalue weighted by Crippen LogP contribution is -2.19. The minimum absolute atomic E-state index is 0.0574. The van der Waals surface area contributed by atoms with Gasteiger partial charge in [-0.25, -0.2) is 4.98 Å². The number of aryl methyl sites for hydroxylation is 1. The van der Waals surface area contributed by atoms with Gasteiger partial charge >= 0.3 is 0 Å². The summed E-state index contributed by atoms with van der Waals surface area (Å²) in [6, 6.07) is 11.3. The summed E-state index contributed by atoms with van der Waals surface area (Å²) in [6.45, 7) is 4.48. The summed E-state index contributed by atoms with van der Waals surface area (Å²) in [7, 11) is 1.68. The summed E-state index contributed by atoms with van der Waals surface area (Å²) in [6.07, 6.45) is 2.68. The van der Waals surface area contributed by atoms with Crippen LogP contribution in [0.25, 0.3) is 10.2 Å². The Kier molecular flexibility index (Phi) is 5.85. The third-order valence-corrected chi connectivity index (χ3v) is 5.45. The number of aromatic nitrogens is 1. The molecule has 1 unspecified atom stereocenters. The van der Waals surface area contributed by atoms with Crippen LogP contribution in [0.2, 0.25) is 0 Å². The molecule has 1 N–H and O–H groups in total. The highest BCUT2D eigenvalue weighted by Gasteiger charge is 2.16. The Labute approximate surface area is 157 Å². The van der Waals surface area contributed by atoms with Crippen LogP contribution in [0.1, 0.15) is 28.6 Å². The summed E-state index contributed by atoms with van der Waals surface area (Å²) in [5.74, 6) is 0.569. The number of carbonyl (C=O) groups is 1. The third-order valence-electron chi connectivity index (χ3n) is 4.24. The Morgan fingerprint density at radius 3 is 2.88 bits per heavy atom. The fourth-order valence-corrected chi connectivity index (χ4v) is 3.71. The van der Waals surface area contributed by atoms with Crippen LogP contribution in [0, 0.1) is 6.92 Å². The van der Waals surface area contributed by atoms with E-state index in [9.17, 15) is 4.79 Å². The molecule has 0 bridgehead atoms. The van der Waals surface area contributed by atoms with E-state index in [2.05, 4.69) is 17.2 Å². The van der Waals surface area contributed by atoms with E-state index in [0.29, 0.717) is 22.9 Å². The fourth-order valence-electron chi connectivity index (χ4n) is 2.66. The summed E-state index contributed by atoms with van der Waals surface area (Å²) in [5, 5.41) is 3.97. The van der Waals surface area contributed by atoms with Crippen LogP contribution in [0.15, 0.2) is 42.6 Å². The molecule has 0 spiro atoms. The SMILES string of the molecule is CCC(COc1cccc(NC(=O)c2sc3ncccc3c2C)c1)OC. The number of carbonyl (C=O) groups excluding carboxylic acids is 1. The first-order chi connectivity index (χ1) is 12.6. The van der Waals surface area contributed by atoms with Crippen molar-refractivity contribution in [3.05, 3.63) is 53.0 Å². The van der Waals surface area contributed by atoms with Gasteiger partial charge in [0.1, 0.15) is 17.2 Å². The largest absolute Gasteiger partial charge is 0.491 e. The van der Waals surface area contributed by atoms with Crippen molar-refractivity contribution in [3.8, 4) is 5.75 Å². The lowest BCUT2D eigenvalue weighted by Gasteiger charge is -2.14. The molecule has 2 heterocycles. The smallest absolute Gasteiger partial charge is 0.266 e. The van der Waals surface area contributed by atoms with Crippen LogP contribution >= 0.6 is 11.3 Å². The Balaban J connectivity index is 1.72. The zero-order valence-electron chi connectivity index (χ0n) is 15.1. The van der Waals surface area contributed by atoms with Crippen molar-refractivity contribution in [2.75, 3.05) is 19.0 Å². The molecule has 1 amide bonds. The molecule has 1 atom stereocenters. The molecule has 0 radical (unpaired) electrons. The van der Waals surface area contributed by atoms with E-state index < -0.39 is 0 Å². The zero-order valence-corrected chi connectivity index (χ0v) is 15.9. The number of pyridine rings is 1. The molecule has 0 aliphatic heterocycles. The number of amides is 1. The lowest BCUT2D eigenvalue weighted by atomic mass is 10.2. The number of nitrogens with one attached hydrogen (secondary N) is 1. The Morgan fingerprint density at radius 2 is 2.15 bits per heavy atom. The normalized spacial score (nSPS) is 12.1. The van der Waals surface area contributed by atoms with Gasteiger partial charge in [-0.15, -0.1) is 11.3 Å². The number of fused-ring (bicyclic) bond motifs is 1. The van der Waals surface area contributed by atoms with E-state index >= 15 is 0 Å². The first kappa shape index (κ1) is 18.4. The van der Waals surface area contributed by atoms with Gasteiger partial charge in [0.15, 0.2) is 0 Å². The van der Waals surface area contributed by atoms with Gasteiger partial charge in [0, 0.05) is 30.4 Å². The average molecular weight is 370 g/mol. The second-order valence-corrected chi connectivity index (χ2v) is 6.97. The maximum absolute atomic E-state index is 12.7. The third kappa shape index (κ3) is 4.03. The Hall–Kier alpha value is -2.44. The summed E-state index contributed by atoms with van der Waals surface area (Å²) >= 11 is 1.40. The molecule has 0 saturated carbocycles. The van der Waals surface area contributed by atoms with Crippen LogP contribution < -0.4 is 10.1 Å². The van der Waals surface area contributed by atoms with Crippen molar-refractivity contribution >= 4 is 33.1 Å². The van der Waals surface area contributed by atoms with E-state index in [1.54, 1.807) is 13.3 Å². The van der Waals surface area contributed by atoms with Crippen LogP contribution in [0.5, 0.6) is 5.75 Å². The van der Waals surface area contributed by atoms with Crippen molar-refractivity contribution < 1.29 is 14.3 Å². The van der Waals surface area contributed by atoms with Crippen molar-refractivity contribution in [3.63, 3.8) is 0 Å². The highest BCUT2D eigenvalue weighted by atomic mass is 32.1. The van der Waals surface area contributed by atoms with E-state index in [-0.39, 0.29) is 12.0 Å². The topological polar surface area (TPSA) is 60.5 Å². The minimum atomic E-state index is -0.133. The summed E-state index contributed by atoms with van der Waals surface area (Å²) in [4.78, 5) is 18.6. The molecule has 5 nitrogen and oxygen atoms in total. The number of rotatable bonds is 7. The molecule has 136 valence electrons. The van der Waals surface area contributed by atoms with Crippen LogP contribution in [0.4, 0.5) is 5.69 Å². The number of methoxy groups -OCH3 is 1. The van der Waals surface area contributed by atoms with Crippen LogP contribution in [-0.4, -0.2) is 30.7 Å². The van der Waals surface area contributed by atoms with E-state index in [0.717, 1.165) is 22.2 Å². The first-order valence-electron chi connectivity index (χ1n) is 8.53. The zero-order chi connectivity index (χ0) is 18.5. The number of hydrogen-bond acceptors (Lipinski definition) is 5. The van der Waals surface area contributed by atoms with Crippen molar-refractivity contribution in [1.29, 1.82) is 0 Å². The number of thiophene rings is 1. The van der Waals surface area contributed by atoms with Crippen LogP contribution in [0.3, 0.4) is 0 Å². The van der Waals surface area contributed by atoms with Gasteiger partial charge in [-0.1, -0.05) is 19.1 Å². The van der Waals surface area contributed by atoms with E-state index in [1.807, 2.05) is 43.3 Å². The van der Waals surface area contributed by atoms with Gasteiger partial charge in [-0.3, -0.25) is 4.79 Å². The molecule has 26 heavy (non-hydrogen) atoms. The van der Waals surface area contributed by atoms with Crippen LogP contribution in [-0.2, 0) is 4.74 Å². The second kappa shape index (κ2) is 8.29. The number of nitrogens with zero attached hydrogens (tertiary/aromatic N) is 1. The predicted octanol–water partition coefficient (Wildman–Crippen LogP) is 4.66. The van der Waals surface area contributed by atoms with Crippen molar-refractivity contribution in [2.45, 2.75) is 26.4 Å². The molecular formula is C20H22N2O3S. The Bertz CT molecular complexity index is 903. The van der Waals surface area contributed by atoms with Gasteiger partial charge in [-0.05, 0) is 37.1 Å². The maximum atomic E-state index is 12.7. The molecule has 3 rings (SSSR count). The Morgan fingerprint density at radius 1 is 1.31 bits per heavy atom. The van der Waals surface area contributed by atoms with Gasteiger partial charge < -0.3 is 14.8 Å². The number of ether oxygens (including phenoxy) is 2. The summed E-state index contributed by atoms with van der Waals surface area (Å²) < 4.78 is 11.1. The van der Waals surface area contributed by atoms with Gasteiger partial charge in [-0.2, -0.15) is 0 Å². The molecule has 2 aromatic heterocycles. The molecule has 0 saturated heterocycles. The molecule has 3 aromatic rings. The second-order valence-electron chi connectivity index (χ2n) is 5.97. The van der Waals surface area contributed by atoms with E-state index in [1.165, 1.54) is 11.3 Å². The fraction of sp³-hybridized carbons (Fsp3) is 0.300. The average Bonchev–Trinajstić information content (AvgIpc) is 3.00. The number of benzene rings is 1. The lowest BCUT2D eigenvalue weighted by molar-refractivity contribution is 0.0556. The predicted molar refractivity (Wildman–Crippen MR) is 105 cm³/mol. The van der Waals surface area contributed by atoms with Crippen molar-refractivity contribution in [1.82, 2.24) is 4.98 Å². The molecular weight excluding hydrogens is 348 g/mol. The monoisotopic (exact) mass is 370 g/mol. The van der Waals surface area contributed by atoms with Gasteiger partial charge in [0.25, 0.3) is 5.91 Å². The quantitative estimate of drug-likeness (QED) is 0.657. The minimum Gasteiger partial charge on any atom is -0.491 e. The standard InChI is InChI=1S/C20H22N2O3S/c1-4-15(24-3)12-25-16-8-5-7-14(11-16)22-19(23)18-13(2)17-9-6-10-21-20(17)26-18/h5-11,15H,4,12H2,1-3H3,(H,22,23). The molecule has 1 aromatic carbocycles. The van der Waals surface area contributed by atoms with Gasteiger partial charge in [0.05, 0.1) is 11.0 Å². The van der Waals surface area contributed by atoms with Crippen molar-refractivity contribution in [2.24, 2.45) is 0 Å². The summed E-state index contributed by atoms with van der Waals surface area (Å²) in [5.41, 5.74) is 1.65. The highest BCUT2D eigenvalue weighted by Crippen LogP contribution is 2.30. The maximum Gasteiger partial charge on any atom is 0.266 e. The first-order valence-corrected chi connectivity index (χ1v) is 9.35. The highest BCUT2D eigenvalue weighted by molar-refractivity contribution is 7.20.